The number of Topliss-reactive ketones (excluding diaryl/α,β-unsaturated/α-hetero) is 3. The van der Waals surface area contributed by atoms with Crippen molar-refractivity contribution in [3.05, 3.63) is 0 Å². The Morgan fingerprint density at radius 3 is 1.32 bits per heavy atom. The summed E-state index contributed by atoms with van der Waals surface area (Å²) >= 11 is 0. The zero-order valence-corrected chi connectivity index (χ0v) is 13.9. The highest BCUT2D eigenvalue weighted by molar-refractivity contribution is 5.85. The maximum atomic E-state index is 11.5. The Bertz CT molecular complexity index is 244. The van der Waals surface area contributed by atoms with Crippen LogP contribution in [0.15, 0.2) is 0 Å². The van der Waals surface area contributed by atoms with Crippen LogP contribution in [0.25, 0.3) is 0 Å². The molecule has 0 heterocycles. The molecule has 19 heavy (non-hydrogen) atoms. The second-order valence-electron chi connectivity index (χ2n) is 4.17. The molecule has 0 unspecified atom stereocenters. The van der Waals surface area contributed by atoms with Crippen molar-refractivity contribution >= 4 is 17.3 Å². The summed E-state index contributed by atoms with van der Waals surface area (Å²) in [7, 11) is 0. The molecule has 114 valence electrons. The van der Waals surface area contributed by atoms with Gasteiger partial charge in [0, 0.05) is 5.92 Å². The van der Waals surface area contributed by atoms with Crippen LogP contribution < -0.4 is 0 Å². The second-order valence-corrected chi connectivity index (χ2v) is 4.17. The molecule has 0 amide bonds. The molecule has 0 aliphatic rings. The summed E-state index contributed by atoms with van der Waals surface area (Å²) in [5, 5.41) is 0. The molecule has 0 atom stereocenters. The highest BCUT2D eigenvalue weighted by Crippen LogP contribution is 1.98. The number of carbonyl (C=O) groups excluding carboxylic acids is 3. The number of nitrogens with zero attached hydrogens (tertiary/aromatic N) is 1. The van der Waals surface area contributed by atoms with Gasteiger partial charge in [-0.1, -0.05) is 41.5 Å². The van der Waals surface area contributed by atoms with E-state index < -0.39 is 0 Å². The van der Waals surface area contributed by atoms with Crippen molar-refractivity contribution in [2.75, 3.05) is 19.6 Å². The van der Waals surface area contributed by atoms with Crippen molar-refractivity contribution in [1.82, 2.24) is 4.90 Å². The smallest absolute Gasteiger partial charge is 0.149 e. The fourth-order valence-electron chi connectivity index (χ4n) is 1.20. The van der Waals surface area contributed by atoms with E-state index in [1.165, 1.54) is 13.8 Å². The number of carbonyl (C=O) groups is 3. The standard InChI is InChI=1S/C11H19NO3.2C2H6/c1-8(2)11(15)7-12(5-9(3)13)6-10(4)14;2*1-2/h8H,5-7H2,1-4H3;2*1-2H3. The highest BCUT2D eigenvalue weighted by Gasteiger charge is 2.16. The zero-order chi connectivity index (χ0) is 16.0. The van der Waals surface area contributed by atoms with E-state index in [0.29, 0.717) is 0 Å². The monoisotopic (exact) mass is 273 g/mol. The third-order valence-electron chi connectivity index (χ3n) is 1.92. The Labute approximate surface area is 118 Å². The lowest BCUT2D eigenvalue weighted by atomic mass is 10.1. The van der Waals surface area contributed by atoms with Gasteiger partial charge in [0.15, 0.2) is 0 Å². The van der Waals surface area contributed by atoms with Gasteiger partial charge >= 0.3 is 0 Å². The minimum atomic E-state index is -0.0635. The summed E-state index contributed by atoms with van der Waals surface area (Å²) in [6, 6.07) is 0. The van der Waals surface area contributed by atoms with Gasteiger partial charge in [-0.2, -0.15) is 0 Å². The summed E-state index contributed by atoms with van der Waals surface area (Å²) < 4.78 is 0. The molecule has 0 aromatic rings. The molecule has 0 saturated heterocycles. The number of rotatable bonds is 7. The number of ketones is 3. The molecule has 0 N–H and O–H groups in total. The van der Waals surface area contributed by atoms with E-state index in [-0.39, 0.29) is 42.9 Å². The topological polar surface area (TPSA) is 54.5 Å². The first kappa shape index (κ1) is 23.1. The van der Waals surface area contributed by atoms with Crippen molar-refractivity contribution < 1.29 is 14.4 Å². The highest BCUT2D eigenvalue weighted by atomic mass is 16.1. The summed E-state index contributed by atoms with van der Waals surface area (Å²) in [6.07, 6.45) is 0. The van der Waals surface area contributed by atoms with Crippen molar-refractivity contribution in [3.63, 3.8) is 0 Å². The van der Waals surface area contributed by atoms with Crippen LogP contribution in [0.2, 0.25) is 0 Å². The normalized spacial score (nSPS) is 9.16. The van der Waals surface area contributed by atoms with Crippen LogP contribution in [-0.2, 0) is 14.4 Å². The van der Waals surface area contributed by atoms with Gasteiger partial charge < -0.3 is 0 Å². The van der Waals surface area contributed by atoms with E-state index in [9.17, 15) is 14.4 Å². The molecule has 0 rings (SSSR count). The summed E-state index contributed by atoms with van der Waals surface area (Å²) in [5.74, 6) is -0.0791. The molecule has 0 saturated carbocycles. The molecular formula is C15H31NO3. The van der Waals surface area contributed by atoms with E-state index >= 15 is 0 Å². The average Bonchev–Trinajstić information content (AvgIpc) is 2.32. The number of hydrogen-bond donors (Lipinski definition) is 0. The lowest BCUT2D eigenvalue weighted by molar-refractivity contribution is -0.125. The van der Waals surface area contributed by atoms with Crippen LogP contribution in [-0.4, -0.2) is 41.9 Å². The second kappa shape index (κ2) is 15.0. The molecule has 4 heteroatoms. The predicted molar refractivity (Wildman–Crippen MR) is 80.3 cm³/mol. The van der Waals surface area contributed by atoms with Crippen LogP contribution in [0.4, 0.5) is 0 Å². The van der Waals surface area contributed by atoms with E-state index in [4.69, 9.17) is 0 Å². The van der Waals surface area contributed by atoms with Gasteiger partial charge in [0.05, 0.1) is 19.6 Å². The first-order valence-corrected chi connectivity index (χ1v) is 7.07. The first-order valence-electron chi connectivity index (χ1n) is 7.07. The minimum absolute atomic E-state index is 0.0344. The quantitative estimate of drug-likeness (QED) is 0.715. The van der Waals surface area contributed by atoms with E-state index in [1.807, 2.05) is 41.5 Å². The summed E-state index contributed by atoms with van der Waals surface area (Å²) in [4.78, 5) is 34.9. The van der Waals surface area contributed by atoms with E-state index in [2.05, 4.69) is 0 Å². The van der Waals surface area contributed by atoms with Crippen molar-refractivity contribution in [2.45, 2.75) is 55.4 Å². The third-order valence-corrected chi connectivity index (χ3v) is 1.92. The molecule has 0 aromatic heterocycles. The van der Waals surface area contributed by atoms with Gasteiger partial charge in [-0.15, -0.1) is 0 Å². The van der Waals surface area contributed by atoms with Gasteiger partial charge in [-0.25, -0.2) is 0 Å². The largest absolute Gasteiger partial charge is 0.299 e. The summed E-state index contributed by atoms with van der Waals surface area (Å²) in [6.45, 7) is 15.0. The molecule has 0 aliphatic heterocycles. The zero-order valence-electron chi connectivity index (χ0n) is 13.9. The van der Waals surface area contributed by atoms with Gasteiger partial charge in [0.2, 0.25) is 0 Å². The molecule has 0 spiro atoms. The predicted octanol–water partition coefficient (Wildman–Crippen LogP) is 2.74. The minimum Gasteiger partial charge on any atom is -0.299 e. The maximum absolute atomic E-state index is 11.5. The average molecular weight is 273 g/mol. The molecule has 4 nitrogen and oxygen atoms in total. The van der Waals surface area contributed by atoms with Crippen LogP contribution in [0.1, 0.15) is 55.4 Å². The summed E-state index contributed by atoms with van der Waals surface area (Å²) in [5.41, 5.74) is 0. The first-order chi connectivity index (χ1) is 8.82. The van der Waals surface area contributed by atoms with Crippen LogP contribution in [0, 0.1) is 5.92 Å². The van der Waals surface area contributed by atoms with Gasteiger partial charge in [-0.3, -0.25) is 19.3 Å². The lowest BCUT2D eigenvalue weighted by Gasteiger charge is -2.19. The van der Waals surface area contributed by atoms with Crippen molar-refractivity contribution in [3.8, 4) is 0 Å². The van der Waals surface area contributed by atoms with Gasteiger partial charge in [0.1, 0.15) is 17.3 Å². The Morgan fingerprint density at radius 1 is 0.789 bits per heavy atom. The Hall–Kier alpha value is -1.03. The molecular weight excluding hydrogens is 242 g/mol. The van der Waals surface area contributed by atoms with Crippen molar-refractivity contribution in [1.29, 1.82) is 0 Å². The fourth-order valence-corrected chi connectivity index (χ4v) is 1.20. The third kappa shape index (κ3) is 17.0. The Balaban J connectivity index is -0.000000579. The lowest BCUT2D eigenvalue weighted by Crippen LogP contribution is -2.38. The molecule has 0 bridgehead atoms. The maximum Gasteiger partial charge on any atom is 0.149 e. The van der Waals surface area contributed by atoms with E-state index in [1.54, 1.807) is 4.90 Å². The SMILES string of the molecule is CC.CC.CC(=O)CN(CC(C)=O)CC(=O)C(C)C. The molecule has 0 aliphatic carbocycles. The van der Waals surface area contributed by atoms with Crippen LogP contribution >= 0.6 is 0 Å². The fraction of sp³-hybridized carbons (Fsp3) is 0.800. The van der Waals surface area contributed by atoms with Gasteiger partial charge in [-0.05, 0) is 13.8 Å². The number of hydrogen-bond acceptors (Lipinski definition) is 4. The Kier molecular flexibility index (Phi) is 18.3. The molecule has 0 fully saturated rings. The van der Waals surface area contributed by atoms with Crippen LogP contribution in [0.3, 0.4) is 0 Å². The molecule has 0 aromatic carbocycles. The van der Waals surface area contributed by atoms with Crippen molar-refractivity contribution in [2.24, 2.45) is 5.92 Å². The van der Waals surface area contributed by atoms with Gasteiger partial charge in [0.25, 0.3) is 0 Å². The van der Waals surface area contributed by atoms with Crippen LogP contribution in [0.5, 0.6) is 0 Å². The Morgan fingerprint density at radius 2 is 1.11 bits per heavy atom. The molecule has 0 radical (unpaired) electrons. The van der Waals surface area contributed by atoms with E-state index in [0.717, 1.165) is 0 Å².